The molecule has 3 aliphatic rings. The van der Waals surface area contributed by atoms with Crippen molar-refractivity contribution in [3.63, 3.8) is 0 Å². The second kappa shape index (κ2) is 6.22. The number of fused-ring (bicyclic) bond motifs is 3. The molecule has 2 aromatic carbocycles. The Hall–Kier alpha value is -2.09. The summed E-state index contributed by atoms with van der Waals surface area (Å²) < 4.78 is 14.3. The van der Waals surface area contributed by atoms with Crippen LogP contribution in [0, 0.1) is 11.7 Å². The Balaban J connectivity index is 1.57. The number of hydrazine groups is 1. The number of hydrogen-bond donors (Lipinski definition) is 0. The van der Waals surface area contributed by atoms with Crippen molar-refractivity contribution in [2.45, 2.75) is 18.5 Å². The van der Waals surface area contributed by atoms with Crippen molar-refractivity contribution in [2.75, 3.05) is 18.0 Å². The van der Waals surface area contributed by atoms with E-state index in [0.717, 1.165) is 29.5 Å². The Morgan fingerprint density at radius 1 is 0.852 bits per heavy atom. The lowest BCUT2D eigenvalue weighted by molar-refractivity contribution is -0.126. The van der Waals surface area contributed by atoms with Crippen molar-refractivity contribution in [1.29, 1.82) is 0 Å². The average Bonchev–Trinajstić information content (AvgIpc) is 3.30. The third kappa shape index (κ3) is 2.49. The van der Waals surface area contributed by atoms with Gasteiger partial charge in [0.05, 0.1) is 17.6 Å². The molecule has 138 valence electrons. The Bertz CT molecular complexity index is 918. The van der Waals surface area contributed by atoms with Crippen LogP contribution in [0.5, 0.6) is 0 Å². The predicted octanol–water partition coefficient (Wildman–Crippen LogP) is 3.12. The molecule has 27 heavy (non-hydrogen) atoms. The Morgan fingerprint density at radius 3 is 2.15 bits per heavy atom. The number of carbonyl (C=O) groups is 2. The number of rotatable bonds is 2. The highest BCUT2D eigenvalue weighted by atomic mass is 79.9. The van der Waals surface area contributed by atoms with Gasteiger partial charge in [-0.25, -0.2) is 19.3 Å². The van der Waals surface area contributed by atoms with E-state index in [1.165, 1.54) is 29.2 Å². The molecule has 3 aliphatic heterocycles. The molecule has 3 saturated heterocycles. The van der Waals surface area contributed by atoms with Gasteiger partial charge in [-0.1, -0.05) is 28.1 Å². The second-order valence-corrected chi connectivity index (χ2v) is 8.05. The quantitative estimate of drug-likeness (QED) is 0.687. The van der Waals surface area contributed by atoms with Crippen LogP contribution in [0.25, 0.3) is 0 Å². The molecule has 2 aromatic rings. The van der Waals surface area contributed by atoms with Gasteiger partial charge in [0.15, 0.2) is 0 Å². The number of hydrogen-bond acceptors (Lipinski definition) is 4. The van der Waals surface area contributed by atoms with E-state index < -0.39 is 17.8 Å². The molecule has 0 N–H and O–H groups in total. The molecule has 0 saturated carbocycles. The number of halogens is 2. The first kappa shape index (κ1) is 17.0. The summed E-state index contributed by atoms with van der Waals surface area (Å²) in [6.45, 7) is 1.61. The van der Waals surface area contributed by atoms with Crippen molar-refractivity contribution in [1.82, 2.24) is 10.0 Å². The number of imide groups is 1. The molecule has 0 spiro atoms. The summed E-state index contributed by atoms with van der Waals surface area (Å²) >= 11 is 3.45. The Kier molecular flexibility index (Phi) is 3.93. The van der Waals surface area contributed by atoms with Crippen LogP contribution < -0.4 is 4.90 Å². The smallest absolute Gasteiger partial charge is 0.253 e. The first-order valence-electron chi connectivity index (χ1n) is 8.98. The minimum atomic E-state index is -0.487. The molecular formula is C20H17BrFN3O2. The fourth-order valence-corrected chi connectivity index (χ4v) is 4.88. The Labute approximate surface area is 164 Å². The summed E-state index contributed by atoms with van der Waals surface area (Å²) in [4.78, 5) is 27.7. The summed E-state index contributed by atoms with van der Waals surface area (Å²) in [6.07, 6.45) is 0.967. The number of benzene rings is 2. The monoisotopic (exact) mass is 429 g/mol. The number of nitrogens with zero attached hydrogens (tertiary/aromatic N) is 3. The normalized spacial score (nSPS) is 28.1. The topological polar surface area (TPSA) is 43.9 Å². The molecule has 0 aliphatic carbocycles. The Morgan fingerprint density at radius 2 is 1.48 bits per heavy atom. The maximum atomic E-state index is 13.3. The van der Waals surface area contributed by atoms with E-state index in [4.69, 9.17) is 0 Å². The molecule has 3 fully saturated rings. The van der Waals surface area contributed by atoms with Gasteiger partial charge in [0.2, 0.25) is 5.91 Å². The van der Waals surface area contributed by atoms with E-state index in [0.29, 0.717) is 5.69 Å². The maximum absolute atomic E-state index is 13.3. The standard InChI is InChI=1S/C20H17BrFN3O2/c21-13-4-2-12(3-5-13)17-16-18(24-11-1-10-23(17)24)20(27)25(19(16)26)15-8-6-14(22)7-9-15/h2-9,16-18H,1,10-11H2/t16-,17-,18+/m0/s1. The van der Waals surface area contributed by atoms with Crippen LogP contribution in [0.4, 0.5) is 10.1 Å². The third-order valence-electron chi connectivity index (χ3n) is 5.70. The summed E-state index contributed by atoms with van der Waals surface area (Å²) in [5.74, 6) is -1.28. The van der Waals surface area contributed by atoms with Gasteiger partial charge in [-0.05, 0) is 48.4 Å². The number of carbonyl (C=O) groups excluding carboxylic acids is 2. The zero-order valence-corrected chi connectivity index (χ0v) is 16.0. The lowest BCUT2D eigenvalue weighted by Gasteiger charge is -2.29. The summed E-state index contributed by atoms with van der Waals surface area (Å²) in [5, 5.41) is 4.23. The van der Waals surface area contributed by atoms with Crippen LogP contribution in [0.2, 0.25) is 0 Å². The highest BCUT2D eigenvalue weighted by Gasteiger charge is 2.62. The van der Waals surface area contributed by atoms with Gasteiger partial charge in [0.25, 0.3) is 5.91 Å². The first-order chi connectivity index (χ1) is 13.1. The fourth-order valence-electron chi connectivity index (χ4n) is 4.62. The van der Waals surface area contributed by atoms with Gasteiger partial charge in [-0.15, -0.1) is 0 Å². The van der Waals surface area contributed by atoms with Crippen LogP contribution in [0.3, 0.4) is 0 Å². The highest BCUT2D eigenvalue weighted by molar-refractivity contribution is 9.10. The zero-order chi connectivity index (χ0) is 18.7. The van der Waals surface area contributed by atoms with Crippen molar-refractivity contribution in [2.24, 2.45) is 5.92 Å². The van der Waals surface area contributed by atoms with Gasteiger partial charge in [-0.2, -0.15) is 0 Å². The van der Waals surface area contributed by atoms with Crippen LogP contribution in [0.15, 0.2) is 53.0 Å². The molecule has 2 amide bonds. The van der Waals surface area contributed by atoms with Crippen molar-refractivity contribution < 1.29 is 14.0 Å². The fraction of sp³-hybridized carbons (Fsp3) is 0.300. The van der Waals surface area contributed by atoms with Gasteiger partial charge in [0, 0.05) is 17.6 Å². The first-order valence-corrected chi connectivity index (χ1v) is 9.77. The lowest BCUT2D eigenvalue weighted by Crippen LogP contribution is -2.44. The second-order valence-electron chi connectivity index (χ2n) is 7.14. The van der Waals surface area contributed by atoms with Crippen molar-refractivity contribution in [3.05, 3.63) is 64.4 Å². The lowest BCUT2D eigenvalue weighted by atomic mass is 9.90. The molecule has 5 rings (SSSR count). The minimum Gasteiger partial charge on any atom is -0.274 e. The summed E-state index contributed by atoms with van der Waals surface area (Å²) in [7, 11) is 0. The van der Waals surface area contributed by atoms with Crippen LogP contribution in [0.1, 0.15) is 18.0 Å². The molecule has 3 atom stereocenters. The molecule has 0 aromatic heterocycles. The van der Waals surface area contributed by atoms with E-state index in [9.17, 15) is 14.0 Å². The van der Waals surface area contributed by atoms with Gasteiger partial charge >= 0.3 is 0 Å². The number of anilines is 1. The minimum absolute atomic E-state index is 0.160. The predicted molar refractivity (Wildman–Crippen MR) is 101 cm³/mol. The van der Waals surface area contributed by atoms with E-state index >= 15 is 0 Å². The third-order valence-corrected chi connectivity index (χ3v) is 6.23. The summed E-state index contributed by atoms with van der Waals surface area (Å²) in [6, 6.07) is 12.8. The van der Waals surface area contributed by atoms with Gasteiger partial charge < -0.3 is 0 Å². The van der Waals surface area contributed by atoms with E-state index in [1.807, 2.05) is 24.3 Å². The SMILES string of the molecule is O=C1[C@@H]2[C@H](C(=O)N1c1ccc(F)cc1)N1CCCN1[C@H]2c1ccc(Br)cc1. The molecule has 7 heteroatoms. The molecule has 0 unspecified atom stereocenters. The van der Waals surface area contributed by atoms with E-state index in [2.05, 4.69) is 25.9 Å². The molecule has 0 bridgehead atoms. The van der Waals surface area contributed by atoms with Crippen molar-refractivity contribution >= 4 is 33.4 Å². The van der Waals surface area contributed by atoms with E-state index in [1.54, 1.807) is 0 Å². The molecular weight excluding hydrogens is 413 g/mol. The highest BCUT2D eigenvalue weighted by Crippen LogP contribution is 2.48. The van der Waals surface area contributed by atoms with Crippen LogP contribution in [-0.4, -0.2) is 41.0 Å². The van der Waals surface area contributed by atoms with E-state index in [-0.39, 0.29) is 17.9 Å². The largest absolute Gasteiger partial charge is 0.274 e. The van der Waals surface area contributed by atoms with Gasteiger partial charge in [0.1, 0.15) is 11.9 Å². The van der Waals surface area contributed by atoms with Crippen molar-refractivity contribution in [3.8, 4) is 0 Å². The summed E-state index contributed by atoms with van der Waals surface area (Å²) in [5.41, 5.74) is 1.46. The number of amides is 2. The zero-order valence-electron chi connectivity index (χ0n) is 14.4. The average molecular weight is 430 g/mol. The van der Waals surface area contributed by atoms with Crippen LogP contribution >= 0.6 is 15.9 Å². The maximum Gasteiger partial charge on any atom is 0.253 e. The van der Waals surface area contributed by atoms with Gasteiger partial charge in [-0.3, -0.25) is 9.59 Å². The van der Waals surface area contributed by atoms with Crippen LogP contribution in [-0.2, 0) is 9.59 Å². The molecule has 0 radical (unpaired) electrons. The molecule has 3 heterocycles. The molecule has 5 nitrogen and oxygen atoms in total.